The first-order chi connectivity index (χ1) is 6.61. The molecule has 0 radical (unpaired) electrons. The summed E-state index contributed by atoms with van der Waals surface area (Å²) < 4.78 is 0. The lowest BCUT2D eigenvalue weighted by Gasteiger charge is -2.27. The first kappa shape index (κ1) is 9.40. The molecule has 0 aromatic carbocycles. The number of nitrogens with zero attached hydrogens (tertiary/aromatic N) is 1. The Kier molecular flexibility index (Phi) is 1.96. The van der Waals surface area contributed by atoms with Crippen LogP contribution in [0.5, 0.6) is 0 Å². The van der Waals surface area contributed by atoms with Crippen molar-refractivity contribution in [2.75, 3.05) is 6.73 Å². The summed E-state index contributed by atoms with van der Waals surface area (Å²) in [6.07, 6.45) is 5.07. The van der Waals surface area contributed by atoms with E-state index in [0.717, 1.165) is 4.90 Å². The minimum Gasteiger partial charge on any atom is -0.376 e. The Morgan fingerprint density at radius 3 is 2.86 bits per heavy atom. The molecule has 0 bridgehead atoms. The van der Waals surface area contributed by atoms with Crippen molar-refractivity contribution < 1.29 is 14.7 Å². The fourth-order valence-corrected chi connectivity index (χ4v) is 2.30. The minimum absolute atomic E-state index is 0.232. The first-order valence-electron chi connectivity index (χ1n) is 4.73. The molecule has 2 atom stereocenters. The molecule has 0 aromatic heterocycles. The maximum Gasteiger partial charge on any atom is 0.238 e. The van der Waals surface area contributed by atoms with Gasteiger partial charge in [-0.2, -0.15) is 0 Å². The zero-order valence-corrected chi connectivity index (χ0v) is 8.06. The average Bonchev–Trinajstić information content (AvgIpc) is 2.36. The van der Waals surface area contributed by atoms with Crippen molar-refractivity contribution in [1.82, 2.24) is 4.90 Å². The van der Waals surface area contributed by atoms with Crippen molar-refractivity contribution in [3.05, 3.63) is 12.2 Å². The fraction of sp³-hybridized carbons (Fsp3) is 0.600. The van der Waals surface area contributed by atoms with Gasteiger partial charge in [-0.25, -0.2) is 0 Å². The molecule has 4 nitrogen and oxygen atoms in total. The van der Waals surface area contributed by atoms with Crippen LogP contribution in [0.25, 0.3) is 0 Å². The summed E-state index contributed by atoms with van der Waals surface area (Å²) in [5.41, 5.74) is -0.617. The van der Waals surface area contributed by atoms with Crippen molar-refractivity contribution in [3.63, 3.8) is 0 Å². The number of fused-ring (bicyclic) bond motifs is 1. The van der Waals surface area contributed by atoms with Crippen LogP contribution >= 0.6 is 0 Å². The summed E-state index contributed by atoms with van der Waals surface area (Å²) in [5, 5.41) is 8.93. The Labute approximate surface area is 82.2 Å². The van der Waals surface area contributed by atoms with Crippen LogP contribution < -0.4 is 0 Å². The van der Waals surface area contributed by atoms with Crippen LogP contribution in [0.4, 0.5) is 0 Å². The molecule has 1 aliphatic heterocycles. The molecule has 2 unspecified atom stereocenters. The lowest BCUT2D eigenvalue weighted by molar-refractivity contribution is -0.145. The highest BCUT2D eigenvalue weighted by Crippen LogP contribution is 2.45. The third kappa shape index (κ3) is 0.973. The van der Waals surface area contributed by atoms with E-state index >= 15 is 0 Å². The maximum atomic E-state index is 11.8. The zero-order valence-electron chi connectivity index (χ0n) is 8.06. The summed E-state index contributed by atoms with van der Waals surface area (Å²) in [7, 11) is 0. The van der Waals surface area contributed by atoms with Gasteiger partial charge in [-0.3, -0.25) is 14.5 Å². The summed E-state index contributed by atoms with van der Waals surface area (Å²) in [5.74, 6) is -0.740. The Balaban J connectivity index is 2.40. The molecule has 1 N–H and O–H groups in total. The number of amides is 2. The lowest BCUT2D eigenvalue weighted by atomic mass is 9.72. The molecule has 1 fully saturated rings. The van der Waals surface area contributed by atoms with E-state index in [1.54, 1.807) is 6.92 Å². The van der Waals surface area contributed by atoms with Crippen molar-refractivity contribution in [2.24, 2.45) is 11.3 Å². The van der Waals surface area contributed by atoms with Gasteiger partial charge in [-0.15, -0.1) is 0 Å². The largest absolute Gasteiger partial charge is 0.376 e. The molecule has 4 heteroatoms. The molecule has 1 heterocycles. The predicted octanol–water partition coefficient (Wildman–Crippen LogP) is 0.278. The fourth-order valence-electron chi connectivity index (χ4n) is 2.30. The highest BCUT2D eigenvalue weighted by atomic mass is 16.3. The van der Waals surface area contributed by atoms with Crippen LogP contribution in [0.2, 0.25) is 0 Å². The maximum absolute atomic E-state index is 11.8. The summed E-state index contributed by atoms with van der Waals surface area (Å²) in [6.45, 7) is 1.31. The Bertz CT molecular complexity index is 323. The molecule has 2 amide bonds. The van der Waals surface area contributed by atoms with E-state index in [1.807, 2.05) is 12.2 Å². The van der Waals surface area contributed by atoms with Crippen LogP contribution in [0, 0.1) is 11.3 Å². The second-order valence-corrected chi connectivity index (χ2v) is 4.09. The van der Waals surface area contributed by atoms with E-state index in [4.69, 9.17) is 5.11 Å². The first-order valence-corrected chi connectivity index (χ1v) is 4.73. The van der Waals surface area contributed by atoms with Gasteiger partial charge in [0.1, 0.15) is 6.73 Å². The number of aliphatic hydroxyl groups is 1. The van der Waals surface area contributed by atoms with E-state index in [1.165, 1.54) is 0 Å². The number of likely N-dealkylation sites (tertiary alicyclic amines) is 1. The Hall–Kier alpha value is -1.16. The SMILES string of the molecule is CC12CC=CCC1C(=O)N(CO)C2=O. The summed E-state index contributed by atoms with van der Waals surface area (Å²) >= 11 is 0. The van der Waals surface area contributed by atoms with Crippen molar-refractivity contribution >= 4 is 11.8 Å². The van der Waals surface area contributed by atoms with Gasteiger partial charge >= 0.3 is 0 Å². The van der Waals surface area contributed by atoms with Crippen LogP contribution in [-0.4, -0.2) is 28.6 Å². The number of imide groups is 1. The Morgan fingerprint density at radius 2 is 2.29 bits per heavy atom. The van der Waals surface area contributed by atoms with Gasteiger partial charge in [0.2, 0.25) is 11.8 Å². The van der Waals surface area contributed by atoms with Crippen molar-refractivity contribution in [1.29, 1.82) is 0 Å². The molecule has 1 aliphatic carbocycles. The highest BCUT2D eigenvalue weighted by Gasteiger charge is 2.55. The van der Waals surface area contributed by atoms with E-state index in [0.29, 0.717) is 12.8 Å². The number of hydrogen-bond acceptors (Lipinski definition) is 3. The zero-order chi connectivity index (χ0) is 10.3. The van der Waals surface area contributed by atoms with Gasteiger partial charge in [-0.05, 0) is 19.8 Å². The second kappa shape index (κ2) is 2.92. The van der Waals surface area contributed by atoms with E-state index < -0.39 is 12.1 Å². The average molecular weight is 195 g/mol. The van der Waals surface area contributed by atoms with Gasteiger partial charge in [0.15, 0.2) is 0 Å². The summed E-state index contributed by atoms with van der Waals surface area (Å²) in [4.78, 5) is 24.5. The quantitative estimate of drug-likeness (QED) is 0.483. The standard InChI is InChI=1S/C10H13NO3/c1-10-5-3-2-4-7(10)8(13)11(6-12)9(10)14/h2-3,7,12H,4-6H2,1H3. The number of rotatable bonds is 1. The molecule has 76 valence electrons. The smallest absolute Gasteiger partial charge is 0.238 e. The topological polar surface area (TPSA) is 57.6 Å². The van der Waals surface area contributed by atoms with Crippen LogP contribution in [-0.2, 0) is 9.59 Å². The third-order valence-electron chi connectivity index (χ3n) is 3.29. The molecule has 0 aromatic rings. The van der Waals surface area contributed by atoms with E-state index in [2.05, 4.69) is 0 Å². The van der Waals surface area contributed by atoms with Crippen molar-refractivity contribution in [3.8, 4) is 0 Å². The number of hydrogen-bond donors (Lipinski definition) is 1. The van der Waals surface area contributed by atoms with E-state index in [-0.39, 0.29) is 17.7 Å². The van der Waals surface area contributed by atoms with E-state index in [9.17, 15) is 9.59 Å². The van der Waals surface area contributed by atoms with Gasteiger partial charge in [0.25, 0.3) is 0 Å². The second-order valence-electron chi connectivity index (χ2n) is 4.09. The highest BCUT2D eigenvalue weighted by molar-refractivity contribution is 6.07. The molecule has 14 heavy (non-hydrogen) atoms. The molecular formula is C10H13NO3. The van der Waals surface area contributed by atoms with Gasteiger partial charge in [0.05, 0.1) is 11.3 Å². The van der Waals surface area contributed by atoms with Gasteiger partial charge in [-0.1, -0.05) is 12.2 Å². The Morgan fingerprint density at radius 1 is 1.57 bits per heavy atom. The molecule has 2 rings (SSSR count). The normalized spacial score (nSPS) is 36.4. The predicted molar refractivity (Wildman–Crippen MR) is 48.9 cm³/mol. The molecular weight excluding hydrogens is 182 g/mol. The number of carbonyl (C=O) groups is 2. The monoisotopic (exact) mass is 195 g/mol. The minimum atomic E-state index is -0.617. The molecule has 0 saturated carbocycles. The molecule has 1 saturated heterocycles. The number of allylic oxidation sites excluding steroid dienone is 2. The molecule has 2 aliphatic rings. The third-order valence-corrected chi connectivity index (χ3v) is 3.29. The van der Waals surface area contributed by atoms with Crippen LogP contribution in [0.15, 0.2) is 12.2 Å². The molecule has 0 spiro atoms. The summed E-state index contributed by atoms with van der Waals surface area (Å²) in [6, 6.07) is 0. The number of aliphatic hydroxyl groups excluding tert-OH is 1. The van der Waals surface area contributed by atoms with Crippen molar-refractivity contribution in [2.45, 2.75) is 19.8 Å². The van der Waals surface area contributed by atoms with Crippen LogP contribution in [0.1, 0.15) is 19.8 Å². The lowest BCUT2D eigenvalue weighted by Crippen LogP contribution is -2.35. The van der Waals surface area contributed by atoms with Gasteiger partial charge in [0, 0.05) is 0 Å². The van der Waals surface area contributed by atoms with Gasteiger partial charge < -0.3 is 5.11 Å². The number of carbonyl (C=O) groups excluding carboxylic acids is 2. The van der Waals surface area contributed by atoms with Crippen LogP contribution in [0.3, 0.4) is 0 Å².